The molecular formula is C13H13. The SMILES string of the molecule is C=CC1=C(C=C)C2[CH]C=CC=C2C1. The van der Waals surface area contributed by atoms with Crippen LogP contribution in [0.15, 0.2) is 60.3 Å². The molecule has 0 amide bonds. The largest absolute Gasteiger partial charge is 0.0988 e. The fourth-order valence-electron chi connectivity index (χ4n) is 2.02. The van der Waals surface area contributed by atoms with E-state index in [1.165, 1.54) is 16.7 Å². The van der Waals surface area contributed by atoms with E-state index in [4.69, 9.17) is 0 Å². The van der Waals surface area contributed by atoms with Crippen LogP contribution in [-0.4, -0.2) is 0 Å². The maximum atomic E-state index is 3.85. The van der Waals surface area contributed by atoms with Crippen molar-refractivity contribution in [1.29, 1.82) is 0 Å². The minimum Gasteiger partial charge on any atom is -0.0988 e. The maximum Gasteiger partial charge on any atom is 0.0126 e. The Morgan fingerprint density at radius 2 is 2.08 bits per heavy atom. The van der Waals surface area contributed by atoms with Gasteiger partial charge in [0.1, 0.15) is 0 Å². The van der Waals surface area contributed by atoms with Crippen molar-refractivity contribution in [2.45, 2.75) is 6.42 Å². The smallest absolute Gasteiger partial charge is 0.0126 e. The molecule has 0 saturated heterocycles. The average Bonchev–Trinajstić information content (AvgIpc) is 2.55. The molecular weight excluding hydrogens is 156 g/mol. The molecule has 13 heavy (non-hydrogen) atoms. The van der Waals surface area contributed by atoms with E-state index in [0.717, 1.165) is 6.42 Å². The van der Waals surface area contributed by atoms with Crippen LogP contribution in [0.5, 0.6) is 0 Å². The van der Waals surface area contributed by atoms with Gasteiger partial charge in [0, 0.05) is 5.92 Å². The zero-order valence-electron chi connectivity index (χ0n) is 7.66. The molecule has 0 bridgehead atoms. The highest BCUT2D eigenvalue weighted by Crippen LogP contribution is 2.41. The second kappa shape index (κ2) is 3.21. The molecule has 1 radical (unpaired) electrons. The molecule has 0 spiro atoms. The molecule has 0 aliphatic heterocycles. The van der Waals surface area contributed by atoms with Crippen LogP contribution < -0.4 is 0 Å². The van der Waals surface area contributed by atoms with Crippen LogP contribution in [-0.2, 0) is 0 Å². The molecule has 65 valence electrons. The Hall–Kier alpha value is -1.30. The van der Waals surface area contributed by atoms with Gasteiger partial charge in [-0.05, 0) is 24.0 Å². The molecule has 0 aromatic heterocycles. The van der Waals surface area contributed by atoms with Gasteiger partial charge in [-0.1, -0.05) is 49.1 Å². The fourth-order valence-corrected chi connectivity index (χ4v) is 2.02. The molecule has 1 unspecified atom stereocenters. The van der Waals surface area contributed by atoms with Gasteiger partial charge in [0.15, 0.2) is 0 Å². The molecule has 2 aliphatic carbocycles. The summed E-state index contributed by atoms with van der Waals surface area (Å²) in [6.45, 7) is 7.69. The van der Waals surface area contributed by atoms with E-state index >= 15 is 0 Å². The van der Waals surface area contributed by atoms with Crippen molar-refractivity contribution in [3.8, 4) is 0 Å². The predicted octanol–water partition coefficient (Wildman–Crippen LogP) is 3.38. The molecule has 0 N–H and O–H groups in total. The zero-order valence-corrected chi connectivity index (χ0v) is 7.66. The monoisotopic (exact) mass is 169 g/mol. The second-order valence-corrected chi connectivity index (χ2v) is 3.36. The van der Waals surface area contributed by atoms with Gasteiger partial charge in [0.25, 0.3) is 0 Å². The van der Waals surface area contributed by atoms with Crippen molar-refractivity contribution in [3.63, 3.8) is 0 Å². The molecule has 1 atom stereocenters. The summed E-state index contributed by atoms with van der Waals surface area (Å²) in [5, 5.41) is 0. The Morgan fingerprint density at radius 3 is 2.77 bits per heavy atom. The van der Waals surface area contributed by atoms with Crippen LogP contribution in [0.1, 0.15) is 6.42 Å². The molecule has 0 aromatic rings. The molecule has 0 fully saturated rings. The Kier molecular flexibility index (Phi) is 2.05. The quantitative estimate of drug-likeness (QED) is 0.594. The highest BCUT2D eigenvalue weighted by Gasteiger charge is 2.26. The van der Waals surface area contributed by atoms with Crippen molar-refractivity contribution in [2.75, 3.05) is 0 Å². The van der Waals surface area contributed by atoms with E-state index in [2.05, 4.69) is 37.8 Å². The molecule has 0 heteroatoms. The number of hydrogen-bond donors (Lipinski definition) is 0. The lowest BCUT2D eigenvalue weighted by Crippen LogP contribution is -2.02. The first-order valence-corrected chi connectivity index (χ1v) is 4.55. The number of fused-ring (bicyclic) bond motifs is 1. The van der Waals surface area contributed by atoms with Gasteiger partial charge in [0.2, 0.25) is 0 Å². The average molecular weight is 169 g/mol. The van der Waals surface area contributed by atoms with Gasteiger partial charge in [-0.25, -0.2) is 0 Å². The van der Waals surface area contributed by atoms with Crippen LogP contribution in [0.3, 0.4) is 0 Å². The molecule has 2 aliphatic rings. The van der Waals surface area contributed by atoms with Crippen molar-refractivity contribution in [1.82, 2.24) is 0 Å². The van der Waals surface area contributed by atoms with Crippen LogP contribution in [0.25, 0.3) is 0 Å². The maximum absolute atomic E-state index is 3.85. The standard InChI is InChI=1S/C13H13/c1-3-10-9-11-7-5-6-8-13(11)12(10)4-2/h3-8,13H,1-2,9H2. The molecule has 2 rings (SSSR count). The zero-order chi connectivity index (χ0) is 9.26. The summed E-state index contributed by atoms with van der Waals surface area (Å²) in [5.41, 5.74) is 4.11. The minimum atomic E-state index is 0.468. The van der Waals surface area contributed by atoms with Gasteiger partial charge in [-0.15, -0.1) is 0 Å². The van der Waals surface area contributed by atoms with E-state index < -0.39 is 0 Å². The molecule has 0 heterocycles. The normalized spacial score (nSPS) is 25.5. The van der Waals surface area contributed by atoms with Crippen molar-refractivity contribution in [3.05, 3.63) is 66.7 Å². The minimum absolute atomic E-state index is 0.468. The first-order chi connectivity index (χ1) is 6.36. The highest BCUT2D eigenvalue weighted by molar-refractivity contribution is 5.52. The summed E-state index contributed by atoms with van der Waals surface area (Å²) in [7, 11) is 0. The van der Waals surface area contributed by atoms with Crippen LogP contribution >= 0.6 is 0 Å². The van der Waals surface area contributed by atoms with Crippen molar-refractivity contribution in [2.24, 2.45) is 5.92 Å². The van der Waals surface area contributed by atoms with E-state index in [1.54, 1.807) is 0 Å². The third kappa shape index (κ3) is 1.23. The van der Waals surface area contributed by atoms with Gasteiger partial charge < -0.3 is 0 Å². The van der Waals surface area contributed by atoms with Crippen molar-refractivity contribution >= 4 is 0 Å². The molecule has 0 aromatic carbocycles. The third-order valence-electron chi connectivity index (χ3n) is 2.69. The Morgan fingerprint density at radius 1 is 1.23 bits per heavy atom. The summed E-state index contributed by atoms with van der Waals surface area (Å²) in [5.74, 6) is 0.468. The van der Waals surface area contributed by atoms with E-state index in [9.17, 15) is 0 Å². The number of rotatable bonds is 2. The topological polar surface area (TPSA) is 0 Å². The summed E-state index contributed by atoms with van der Waals surface area (Å²) in [6, 6.07) is 0. The van der Waals surface area contributed by atoms with Gasteiger partial charge >= 0.3 is 0 Å². The van der Waals surface area contributed by atoms with Gasteiger partial charge in [0.05, 0.1) is 0 Å². The highest BCUT2D eigenvalue weighted by atomic mass is 14.3. The number of allylic oxidation sites excluding steroid dienone is 8. The van der Waals surface area contributed by atoms with Crippen LogP contribution in [0.2, 0.25) is 0 Å². The third-order valence-corrected chi connectivity index (χ3v) is 2.69. The lowest BCUT2D eigenvalue weighted by molar-refractivity contribution is 0.886. The summed E-state index contributed by atoms with van der Waals surface area (Å²) in [4.78, 5) is 0. The number of hydrogen-bond acceptors (Lipinski definition) is 0. The molecule has 0 nitrogen and oxygen atoms in total. The lowest BCUT2D eigenvalue weighted by Gasteiger charge is -2.14. The Bertz CT molecular complexity index is 337. The fraction of sp³-hybridized carbons (Fsp3) is 0.154. The predicted molar refractivity (Wildman–Crippen MR) is 57.1 cm³/mol. The summed E-state index contributed by atoms with van der Waals surface area (Å²) >= 11 is 0. The van der Waals surface area contributed by atoms with Gasteiger partial charge in [-0.2, -0.15) is 0 Å². The van der Waals surface area contributed by atoms with Gasteiger partial charge in [-0.3, -0.25) is 0 Å². The van der Waals surface area contributed by atoms with Crippen LogP contribution in [0, 0.1) is 12.3 Å². The van der Waals surface area contributed by atoms with Crippen molar-refractivity contribution < 1.29 is 0 Å². The van der Waals surface area contributed by atoms with E-state index in [0.29, 0.717) is 5.92 Å². The second-order valence-electron chi connectivity index (χ2n) is 3.36. The lowest BCUT2D eigenvalue weighted by atomic mass is 9.90. The van der Waals surface area contributed by atoms with E-state index in [-0.39, 0.29) is 0 Å². The Balaban J connectivity index is 2.40. The van der Waals surface area contributed by atoms with E-state index in [1.807, 2.05) is 12.2 Å². The first kappa shape index (κ1) is 8.31. The first-order valence-electron chi connectivity index (χ1n) is 4.55. The Labute approximate surface area is 79.7 Å². The molecule has 0 saturated carbocycles. The summed E-state index contributed by atoms with van der Waals surface area (Å²) < 4.78 is 0. The summed E-state index contributed by atoms with van der Waals surface area (Å²) in [6.07, 6.45) is 13.6. The van der Waals surface area contributed by atoms with Crippen LogP contribution in [0.4, 0.5) is 0 Å².